The summed E-state index contributed by atoms with van der Waals surface area (Å²) in [6, 6.07) is 7.15. The van der Waals surface area contributed by atoms with Gasteiger partial charge in [-0.1, -0.05) is 29.0 Å². The van der Waals surface area contributed by atoms with Gasteiger partial charge in [-0.15, -0.1) is 15.3 Å². The van der Waals surface area contributed by atoms with Crippen molar-refractivity contribution in [2.45, 2.75) is 6.61 Å². The summed E-state index contributed by atoms with van der Waals surface area (Å²) in [5.41, 5.74) is 5.59. The molecule has 92 valence electrons. The maximum absolute atomic E-state index is 5.86. The van der Waals surface area contributed by atoms with E-state index in [0.717, 1.165) is 0 Å². The van der Waals surface area contributed by atoms with E-state index in [9.17, 15) is 0 Å². The number of rotatable bonds is 3. The third-order valence-corrected chi connectivity index (χ3v) is 3.20. The van der Waals surface area contributed by atoms with Gasteiger partial charge in [0.2, 0.25) is 10.1 Å². The van der Waals surface area contributed by atoms with Crippen LogP contribution in [0.4, 0.5) is 5.13 Å². The zero-order valence-corrected chi connectivity index (χ0v) is 10.6. The zero-order chi connectivity index (χ0) is 12.5. The molecule has 0 bridgehead atoms. The van der Waals surface area contributed by atoms with Crippen LogP contribution in [0.2, 0.25) is 5.02 Å². The Morgan fingerprint density at radius 3 is 3.11 bits per heavy atom. The van der Waals surface area contributed by atoms with Crippen LogP contribution in [0.25, 0.3) is 4.96 Å². The van der Waals surface area contributed by atoms with Crippen LogP contribution in [0.3, 0.4) is 0 Å². The molecule has 0 saturated carbocycles. The van der Waals surface area contributed by atoms with E-state index in [1.165, 1.54) is 11.3 Å². The van der Waals surface area contributed by atoms with Crippen LogP contribution in [0.1, 0.15) is 5.82 Å². The molecule has 0 saturated heterocycles. The highest BCUT2D eigenvalue weighted by atomic mass is 35.5. The number of hydrogen-bond donors (Lipinski definition) is 1. The van der Waals surface area contributed by atoms with Gasteiger partial charge < -0.3 is 10.5 Å². The molecule has 0 aliphatic heterocycles. The first kappa shape index (κ1) is 11.2. The van der Waals surface area contributed by atoms with Crippen molar-refractivity contribution in [2.24, 2.45) is 0 Å². The van der Waals surface area contributed by atoms with E-state index in [1.807, 2.05) is 12.1 Å². The van der Waals surface area contributed by atoms with Gasteiger partial charge in [-0.3, -0.25) is 0 Å². The van der Waals surface area contributed by atoms with Gasteiger partial charge in [0.15, 0.2) is 5.82 Å². The number of nitrogen functional groups attached to an aromatic ring is 1. The van der Waals surface area contributed by atoms with Crippen molar-refractivity contribution in [1.82, 2.24) is 19.8 Å². The Kier molecular flexibility index (Phi) is 2.77. The number of aromatic nitrogens is 4. The lowest BCUT2D eigenvalue weighted by atomic mass is 10.3. The largest absolute Gasteiger partial charge is 0.485 e. The SMILES string of the molecule is Nc1nn2c(COc3cccc(Cl)c3)nnc2s1. The number of nitrogens with zero attached hydrogens (tertiary/aromatic N) is 4. The molecular formula is C10H8ClN5OS. The van der Waals surface area contributed by atoms with Crippen molar-refractivity contribution in [3.05, 3.63) is 35.1 Å². The normalized spacial score (nSPS) is 10.9. The highest BCUT2D eigenvalue weighted by Crippen LogP contribution is 2.19. The quantitative estimate of drug-likeness (QED) is 0.794. The molecule has 6 nitrogen and oxygen atoms in total. The van der Waals surface area contributed by atoms with Gasteiger partial charge in [0, 0.05) is 5.02 Å². The van der Waals surface area contributed by atoms with Gasteiger partial charge >= 0.3 is 0 Å². The molecule has 0 unspecified atom stereocenters. The first-order valence-corrected chi connectivity index (χ1v) is 6.27. The summed E-state index contributed by atoms with van der Waals surface area (Å²) in [5.74, 6) is 1.26. The van der Waals surface area contributed by atoms with Gasteiger partial charge in [0.05, 0.1) is 0 Å². The van der Waals surface area contributed by atoms with Crippen LogP contribution in [0, 0.1) is 0 Å². The molecule has 18 heavy (non-hydrogen) atoms. The predicted octanol–water partition coefficient (Wildman–Crippen LogP) is 2.00. The van der Waals surface area contributed by atoms with Crippen LogP contribution in [-0.2, 0) is 6.61 Å². The number of halogens is 1. The molecule has 0 amide bonds. The second-order valence-corrected chi connectivity index (χ2v) is 4.92. The summed E-state index contributed by atoms with van der Waals surface area (Å²) in [7, 11) is 0. The lowest BCUT2D eigenvalue weighted by Crippen LogP contribution is -2.02. The second-order valence-electron chi connectivity index (χ2n) is 3.50. The molecule has 0 atom stereocenters. The first-order chi connectivity index (χ1) is 8.72. The maximum Gasteiger partial charge on any atom is 0.236 e. The van der Waals surface area contributed by atoms with Crippen LogP contribution in [0.15, 0.2) is 24.3 Å². The average Bonchev–Trinajstić information content (AvgIpc) is 2.86. The monoisotopic (exact) mass is 281 g/mol. The summed E-state index contributed by atoms with van der Waals surface area (Å²) in [4.78, 5) is 0.650. The molecule has 3 rings (SSSR count). The van der Waals surface area contributed by atoms with Crippen molar-refractivity contribution in [3.8, 4) is 5.75 Å². The van der Waals surface area contributed by atoms with Crippen LogP contribution < -0.4 is 10.5 Å². The summed E-state index contributed by atoms with van der Waals surface area (Å²) < 4.78 is 7.14. The molecule has 0 aliphatic carbocycles. The predicted molar refractivity (Wildman–Crippen MR) is 68.9 cm³/mol. The fourth-order valence-corrected chi connectivity index (χ4v) is 2.27. The Hall–Kier alpha value is -1.86. The van der Waals surface area contributed by atoms with Crippen molar-refractivity contribution in [2.75, 3.05) is 5.73 Å². The molecule has 0 aliphatic rings. The third kappa shape index (κ3) is 2.09. The molecule has 1 aromatic carbocycles. The molecule has 2 N–H and O–H groups in total. The van der Waals surface area contributed by atoms with Gasteiger partial charge in [-0.25, -0.2) is 0 Å². The molecular weight excluding hydrogens is 274 g/mol. The molecule has 3 aromatic rings. The van der Waals surface area contributed by atoms with Gasteiger partial charge in [-0.05, 0) is 18.2 Å². The zero-order valence-electron chi connectivity index (χ0n) is 9.08. The topological polar surface area (TPSA) is 78.3 Å². The number of fused-ring (bicyclic) bond motifs is 1. The molecule has 2 aromatic heterocycles. The van der Waals surface area contributed by atoms with Crippen molar-refractivity contribution >= 4 is 33.0 Å². The second kappa shape index (κ2) is 4.43. The van der Waals surface area contributed by atoms with E-state index in [-0.39, 0.29) is 6.61 Å². The summed E-state index contributed by atoms with van der Waals surface area (Å²) in [6.07, 6.45) is 0. The lowest BCUT2D eigenvalue weighted by molar-refractivity contribution is 0.293. The smallest absolute Gasteiger partial charge is 0.236 e. The Bertz CT molecular complexity index is 694. The maximum atomic E-state index is 5.86. The van der Waals surface area contributed by atoms with Crippen molar-refractivity contribution in [1.29, 1.82) is 0 Å². The minimum absolute atomic E-state index is 0.255. The number of hydrogen-bond acceptors (Lipinski definition) is 6. The van der Waals surface area contributed by atoms with E-state index >= 15 is 0 Å². The lowest BCUT2D eigenvalue weighted by Gasteiger charge is -2.03. The Morgan fingerprint density at radius 1 is 1.39 bits per heavy atom. The van der Waals surface area contributed by atoms with E-state index in [0.29, 0.717) is 26.7 Å². The number of ether oxygens (including phenoxy) is 1. The van der Waals surface area contributed by atoms with Gasteiger partial charge in [-0.2, -0.15) is 4.52 Å². The average molecular weight is 282 g/mol. The molecule has 2 heterocycles. The highest BCUT2D eigenvalue weighted by molar-refractivity contribution is 7.20. The fourth-order valence-electron chi connectivity index (χ4n) is 1.47. The molecule has 0 spiro atoms. The van der Waals surface area contributed by atoms with Crippen LogP contribution >= 0.6 is 22.9 Å². The summed E-state index contributed by atoms with van der Waals surface area (Å²) >= 11 is 7.14. The minimum Gasteiger partial charge on any atom is -0.485 e. The Morgan fingerprint density at radius 2 is 2.28 bits per heavy atom. The van der Waals surface area contributed by atoms with Crippen LogP contribution in [-0.4, -0.2) is 19.8 Å². The van der Waals surface area contributed by atoms with E-state index in [4.69, 9.17) is 22.1 Å². The molecule has 0 fully saturated rings. The van der Waals surface area contributed by atoms with Crippen molar-refractivity contribution in [3.63, 3.8) is 0 Å². The Balaban J connectivity index is 1.80. The Labute approximate surface area is 111 Å². The van der Waals surface area contributed by atoms with Gasteiger partial charge in [0.25, 0.3) is 0 Å². The van der Waals surface area contributed by atoms with E-state index in [2.05, 4.69) is 15.3 Å². The molecule has 0 radical (unpaired) electrons. The standard InChI is InChI=1S/C10H8ClN5OS/c11-6-2-1-3-7(4-6)17-5-8-13-14-10-16(8)15-9(12)18-10/h1-4H,5H2,(H2,12,15). The third-order valence-electron chi connectivity index (χ3n) is 2.24. The molecule has 8 heteroatoms. The van der Waals surface area contributed by atoms with E-state index in [1.54, 1.807) is 16.6 Å². The first-order valence-electron chi connectivity index (χ1n) is 5.07. The van der Waals surface area contributed by atoms with Crippen LogP contribution in [0.5, 0.6) is 5.75 Å². The summed E-state index contributed by atoms with van der Waals surface area (Å²) in [6.45, 7) is 0.255. The minimum atomic E-state index is 0.255. The number of benzene rings is 1. The number of anilines is 1. The highest BCUT2D eigenvalue weighted by Gasteiger charge is 2.10. The van der Waals surface area contributed by atoms with Crippen molar-refractivity contribution < 1.29 is 4.74 Å². The number of nitrogens with two attached hydrogens (primary N) is 1. The summed E-state index contributed by atoms with van der Waals surface area (Å²) in [5, 5.41) is 13.1. The van der Waals surface area contributed by atoms with E-state index < -0.39 is 0 Å². The van der Waals surface area contributed by atoms with Gasteiger partial charge in [0.1, 0.15) is 12.4 Å². The fraction of sp³-hybridized carbons (Fsp3) is 0.100.